The molecule has 1 heterocycles. The van der Waals surface area contributed by atoms with Crippen LogP contribution in [0.2, 0.25) is 0 Å². The van der Waals surface area contributed by atoms with Crippen LogP contribution in [-0.2, 0) is 6.54 Å². The van der Waals surface area contributed by atoms with Gasteiger partial charge in [-0.25, -0.2) is 0 Å². The molecule has 2 nitrogen and oxygen atoms in total. The molecular weight excluding hydrogens is 240 g/mol. The van der Waals surface area contributed by atoms with Crippen LogP contribution in [0.3, 0.4) is 0 Å². The minimum Gasteiger partial charge on any atom is -0.272 e. The van der Waals surface area contributed by atoms with Crippen LogP contribution in [-0.4, -0.2) is 9.78 Å². The normalized spacial score (nSPS) is 10.4. The van der Waals surface area contributed by atoms with E-state index in [1.807, 2.05) is 29.1 Å². The lowest BCUT2D eigenvalue weighted by atomic mass is 10.2. The number of nitrogens with zero attached hydrogens (tertiary/aromatic N) is 2. The maximum atomic E-state index is 4.43. The van der Waals surface area contributed by atoms with Gasteiger partial charge in [0.2, 0.25) is 0 Å². The Morgan fingerprint density at radius 2 is 1.93 bits per heavy atom. The predicted octanol–water partition coefficient (Wildman–Crippen LogP) is 3.33. The number of rotatable bonds is 2. The van der Waals surface area contributed by atoms with Crippen molar-refractivity contribution in [3.8, 4) is 11.3 Å². The van der Waals surface area contributed by atoms with Gasteiger partial charge in [-0.15, -0.1) is 0 Å². The zero-order valence-corrected chi connectivity index (χ0v) is 9.53. The van der Waals surface area contributed by atoms with Crippen molar-refractivity contribution in [2.24, 2.45) is 0 Å². The van der Waals surface area contributed by atoms with Gasteiger partial charge >= 0.3 is 0 Å². The maximum absolute atomic E-state index is 4.43. The van der Waals surface area contributed by atoms with Gasteiger partial charge in [0, 0.05) is 22.8 Å². The summed E-state index contributed by atoms with van der Waals surface area (Å²) in [6.45, 7) is 2.99. The van der Waals surface area contributed by atoms with Gasteiger partial charge in [0.05, 0.1) is 5.69 Å². The average Bonchev–Trinajstić information content (AvgIpc) is 2.67. The number of benzene rings is 1. The zero-order valence-electron chi connectivity index (χ0n) is 7.94. The SMILES string of the molecule is CCn1ccc(-c2ccc(Br)cc2)n1. The number of hydrogen-bond acceptors (Lipinski definition) is 1. The largest absolute Gasteiger partial charge is 0.272 e. The highest BCUT2D eigenvalue weighted by atomic mass is 79.9. The Morgan fingerprint density at radius 3 is 2.50 bits per heavy atom. The number of hydrogen-bond donors (Lipinski definition) is 0. The van der Waals surface area contributed by atoms with Gasteiger partial charge in [-0.3, -0.25) is 4.68 Å². The van der Waals surface area contributed by atoms with Crippen molar-refractivity contribution >= 4 is 15.9 Å². The smallest absolute Gasteiger partial charge is 0.0923 e. The molecule has 0 atom stereocenters. The fourth-order valence-electron chi connectivity index (χ4n) is 1.31. The predicted molar refractivity (Wildman–Crippen MR) is 61.0 cm³/mol. The molecule has 2 rings (SSSR count). The van der Waals surface area contributed by atoms with E-state index in [0.29, 0.717) is 0 Å². The van der Waals surface area contributed by atoms with Crippen LogP contribution in [0.5, 0.6) is 0 Å². The molecule has 0 saturated heterocycles. The molecule has 0 aliphatic heterocycles. The van der Waals surface area contributed by atoms with Gasteiger partial charge in [0.25, 0.3) is 0 Å². The summed E-state index contributed by atoms with van der Waals surface area (Å²) >= 11 is 3.41. The van der Waals surface area contributed by atoms with E-state index in [4.69, 9.17) is 0 Å². The molecule has 3 heteroatoms. The Morgan fingerprint density at radius 1 is 1.21 bits per heavy atom. The Balaban J connectivity index is 2.34. The third kappa shape index (κ3) is 1.87. The van der Waals surface area contributed by atoms with Crippen molar-refractivity contribution in [3.63, 3.8) is 0 Å². The van der Waals surface area contributed by atoms with Crippen LogP contribution < -0.4 is 0 Å². The Bertz CT molecular complexity index is 417. The zero-order chi connectivity index (χ0) is 9.97. The summed E-state index contributed by atoms with van der Waals surface area (Å²) in [5, 5.41) is 4.43. The van der Waals surface area contributed by atoms with Crippen molar-refractivity contribution in [1.29, 1.82) is 0 Å². The van der Waals surface area contributed by atoms with Gasteiger partial charge in [0.1, 0.15) is 0 Å². The van der Waals surface area contributed by atoms with E-state index in [2.05, 4.69) is 40.1 Å². The second-order valence-corrected chi connectivity index (χ2v) is 3.98. The molecule has 0 aliphatic carbocycles. The highest BCUT2D eigenvalue weighted by Gasteiger charge is 2.00. The van der Waals surface area contributed by atoms with Crippen molar-refractivity contribution in [1.82, 2.24) is 9.78 Å². The Kier molecular flexibility index (Phi) is 2.68. The number of halogens is 1. The summed E-state index contributed by atoms with van der Waals surface area (Å²) < 4.78 is 3.02. The Hall–Kier alpha value is -1.09. The molecule has 0 radical (unpaired) electrons. The topological polar surface area (TPSA) is 17.8 Å². The van der Waals surface area contributed by atoms with Gasteiger partial charge in [-0.1, -0.05) is 28.1 Å². The van der Waals surface area contributed by atoms with E-state index in [0.717, 1.165) is 22.3 Å². The molecule has 0 spiro atoms. The van der Waals surface area contributed by atoms with E-state index < -0.39 is 0 Å². The molecule has 0 saturated carbocycles. The third-order valence-electron chi connectivity index (χ3n) is 2.10. The van der Waals surface area contributed by atoms with Crippen LogP contribution in [0.15, 0.2) is 41.0 Å². The van der Waals surface area contributed by atoms with Crippen LogP contribution in [0.1, 0.15) is 6.92 Å². The molecular formula is C11H11BrN2. The molecule has 72 valence electrons. The molecule has 0 N–H and O–H groups in total. The monoisotopic (exact) mass is 250 g/mol. The summed E-state index contributed by atoms with van der Waals surface area (Å²) in [4.78, 5) is 0. The van der Waals surface area contributed by atoms with Crippen LogP contribution >= 0.6 is 15.9 Å². The first-order valence-corrected chi connectivity index (χ1v) is 5.38. The lowest BCUT2D eigenvalue weighted by Crippen LogP contribution is -1.93. The van der Waals surface area contributed by atoms with E-state index in [1.165, 1.54) is 0 Å². The van der Waals surface area contributed by atoms with Gasteiger partial charge in [-0.2, -0.15) is 5.10 Å². The van der Waals surface area contributed by atoms with Crippen molar-refractivity contribution in [3.05, 3.63) is 41.0 Å². The first-order valence-electron chi connectivity index (χ1n) is 4.59. The van der Waals surface area contributed by atoms with Crippen LogP contribution in [0.25, 0.3) is 11.3 Å². The van der Waals surface area contributed by atoms with Gasteiger partial charge in [0.15, 0.2) is 0 Å². The van der Waals surface area contributed by atoms with Crippen molar-refractivity contribution in [2.45, 2.75) is 13.5 Å². The lowest BCUT2D eigenvalue weighted by Gasteiger charge is -1.97. The molecule has 1 aromatic carbocycles. The first-order chi connectivity index (χ1) is 6.79. The van der Waals surface area contributed by atoms with E-state index in [-0.39, 0.29) is 0 Å². The highest BCUT2D eigenvalue weighted by molar-refractivity contribution is 9.10. The van der Waals surface area contributed by atoms with Crippen molar-refractivity contribution < 1.29 is 0 Å². The fourth-order valence-corrected chi connectivity index (χ4v) is 1.58. The minimum absolute atomic E-state index is 0.913. The summed E-state index contributed by atoms with van der Waals surface area (Å²) in [7, 11) is 0. The molecule has 2 aromatic rings. The lowest BCUT2D eigenvalue weighted by molar-refractivity contribution is 0.662. The van der Waals surface area contributed by atoms with Crippen LogP contribution in [0.4, 0.5) is 0 Å². The number of aryl methyl sites for hydroxylation is 1. The van der Waals surface area contributed by atoms with Gasteiger partial charge < -0.3 is 0 Å². The third-order valence-corrected chi connectivity index (χ3v) is 2.63. The van der Waals surface area contributed by atoms with E-state index in [9.17, 15) is 0 Å². The second-order valence-electron chi connectivity index (χ2n) is 3.06. The summed E-state index contributed by atoms with van der Waals surface area (Å²) in [6, 6.07) is 10.2. The number of aromatic nitrogens is 2. The molecule has 0 unspecified atom stereocenters. The van der Waals surface area contributed by atoms with E-state index >= 15 is 0 Å². The summed E-state index contributed by atoms with van der Waals surface area (Å²) in [5.41, 5.74) is 2.18. The average molecular weight is 251 g/mol. The molecule has 0 bridgehead atoms. The molecule has 0 amide bonds. The fraction of sp³-hybridized carbons (Fsp3) is 0.182. The van der Waals surface area contributed by atoms with Crippen molar-refractivity contribution in [2.75, 3.05) is 0 Å². The maximum Gasteiger partial charge on any atom is 0.0923 e. The molecule has 0 fully saturated rings. The molecule has 0 aliphatic rings. The quantitative estimate of drug-likeness (QED) is 0.800. The van der Waals surface area contributed by atoms with Crippen LogP contribution in [0, 0.1) is 0 Å². The van der Waals surface area contributed by atoms with E-state index in [1.54, 1.807) is 0 Å². The summed E-state index contributed by atoms with van der Waals surface area (Å²) in [5.74, 6) is 0. The first kappa shape index (κ1) is 9.46. The standard InChI is InChI=1S/C11H11BrN2/c1-2-14-8-7-11(13-14)9-3-5-10(12)6-4-9/h3-8H,2H2,1H3. The Labute approximate surface area is 91.7 Å². The highest BCUT2D eigenvalue weighted by Crippen LogP contribution is 2.19. The molecule has 1 aromatic heterocycles. The van der Waals surface area contributed by atoms with Gasteiger partial charge in [-0.05, 0) is 25.1 Å². The summed E-state index contributed by atoms with van der Waals surface area (Å²) in [6.07, 6.45) is 2.00. The minimum atomic E-state index is 0.913. The second kappa shape index (κ2) is 3.96. The molecule has 14 heavy (non-hydrogen) atoms.